The number of carbonyl (C=O) groups excluding carboxylic acids is 1. The second-order valence-electron chi connectivity index (χ2n) is 2.43. The van der Waals surface area contributed by atoms with Gasteiger partial charge in [-0.15, -0.1) is 0 Å². The summed E-state index contributed by atoms with van der Waals surface area (Å²) in [6.45, 7) is 3.29. The minimum Gasteiger partial charge on any atom is -0.315 e. The molecule has 1 aromatic carbocycles. The van der Waals surface area contributed by atoms with Gasteiger partial charge in [-0.05, 0) is 24.3 Å². The van der Waals surface area contributed by atoms with Gasteiger partial charge in [0.15, 0.2) is 0 Å². The number of benzene rings is 1. The van der Waals surface area contributed by atoms with Crippen molar-refractivity contribution >= 4 is 23.2 Å². The Morgan fingerprint density at radius 3 is 2.33 bits per heavy atom. The van der Waals surface area contributed by atoms with Crippen LogP contribution >= 0.6 is 11.6 Å². The Labute approximate surface area is 76.8 Å². The van der Waals surface area contributed by atoms with Crippen molar-refractivity contribution in [1.29, 1.82) is 0 Å². The Bertz CT molecular complexity index is 281. The van der Waals surface area contributed by atoms with E-state index in [0.29, 0.717) is 5.02 Å². The van der Waals surface area contributed by atoms with E-state index in [1.54, 1.807) is 31.3 Å². The summed E-state index contributed by atoms with van der Waals surface area (Å²) >= 11 is 5.68. The quantitative estimate of drug-likeness (QED) is 0.652. The van der Waals surface area contributed by atoms with Crippen molar-refractivity contribution in [2.24, 2.45) is 0 Å². The molecule has 1 radical (unpaired) electrons. The summed E-state index contributed by atoms with van der Waals surface area (Å²) < 4.78 is 0. The van der Waals surface area contributed by atoms with E-state index in [1.165, 1.54) is 4.90 Å². The maximum atomic E-state index is 10.8. The van der Waals surface area contributed by atoms with Crippen LogP contribution in [0.2, 0.25) is 5.02 Å². The highest BCUT2D eigenvalue weighted by atomic mass is 35.5. The summed E-state index contributed by atoms with van der Waals surface area (Å²) in [5.41, 5.74) is 0.791. The first kappa shape index (κ1) is 9.07. The van der Waals surface area contributed by atoms with E-state index < -0.39 is 0 Å². The highest BCUT2D eigenvalue weighted by molar-refractivity contribution is 6.30. The van der Waals surface area contributed by atoms with Crippen molar-refractivity contribution in [3.63, 3.8) is 0 Å². The molecule has 0 saturated carbocycles. The second-order valence-corrected chi connectivity index (χ2v) is 2.87. The van der Waals surface area contributed by atoms with E-state index in [4.69, 9.17) is 11.6 Å². The zero-order chi connectivity index (χ0) is 9.14. The molecule has 0 aliphatic heterocycles. The average Bonchev–Trinajstić information content (AvgIpc) is 2.04. The van der Waals surface area contributed by atoms with E-state index in [1.807, 2.05) is 0 Å². The molecule has 0 fully saturated rings. The third-order valence-electron chi connectivity index (χ3n) is 1.59. The molecule has 12 heavy (non-hydrogen) atoms. The lowest BCUT2D eigenvalue weighted by atomic mass is 10.3. The number of anilines is 1. The van der Waals surface area contributed by atoms with Crippen LogP contribution in [0.3, 0.4) is 0 Å². The van der Waals surface area contributed by atoms with Gasteiger partial charge < -0.3 is 4.90 Å². The first-order chi connectivity index (χ1) is 5.61. The fourth-order valence-electron chi connectivity index (χ4n) is 0.809. The first-order valence-corrected chi connectivity index (χ1v) is 3.84. The molecule has 0 saturated heterocycles. The smallest absolute Gasteiger partial charge is 0.227 e. The van der Waals surface area contributed by atoms with Crippen LogP contribution in [0.5, 0.6) is 0 Å². The van der Waals surface area contributed by atoms with E-state index in [-0.39, 0.29) is 5.91 Å². The van der Waals surface area contributed by atoms with Crippen LogP contribution in [0.4, 0.5) is 5.69 Å². The minimum absolute atomic E-state index is 0.239. The van der Waals surface area contributed by atoms with Crippen molar-refractivity contribution in [2.75, 3.05) is 11.9 Å². The first-order valence-electron chi connectivity index (χ1n) is 3.46. The molecule has 3 heteroatoms. The fraction of sp³-hybridized carbons (Fsp3) is 0.111. The Hall–Kier alpha value is -1.02. The summed E-state index contributed by atoms with van der Waals surface area (Å²) in [5.74, 6) is -0.239. The standard InChI is InChI=1S/C9H9ClNO/c1-7(12)11(2)9-5-3-8(10)4-6-9/h3-6H,1H2,2H3. The normalized spacial score (nSPS) is 9.58. The molecule has 2 nitrogen and oxygen atoms in total. The Balaban J connectivity index is 2.89. The predicted octanol–water partition coefficient (Wildman–Crippen LogP) is 2.14. The molecule has 0 heterocycles. The topological polar surface area (TPSA) is 20.3 Å². The lowest BCUT2D eigenvalue weighted by molar-refractivity contribution is -0.114. The molecule has 0 unspecified atom stereocenters. The molecule has 0 aromatic heterocycles. The Morgan fingerprint density at radius 1 is 1.42 bits per heavy atom. The lowest BCUT2D eigenvalue weighted by Gasteiger charge is -2.14. The van der Waals surface area contributed by atoms with Gasteiger partial charge in [0.05, 0.1) is 0 Å². The van der Waals surface area contributed by atoms with E-state index in [9.17, 15) is 4.79 Å². The van der Waals surface area contributed by atoms with Crippen LogP contribution < -0.4 is 4.90 Å². The van der Waals surface area contributed by atoms with Gasteiger partial charge in [-0.3, -0.25) is 4.79 Å². The molecule has 1 aromatic rings. The van der Waals surface area contributed by atoms with Gasteiger partial charge in [0, 0.05) is 24.7 Å². The highest BCUT2D eigenvalue weighted by Gasteiger charge is 2.03. The van der Waals surface area contributed by atoms with Crippen LogP contribution in [-0.2, 0) is 4.79 Å². The van der Waals surface area contributed by atoms with Gasteiger partial charge in [0.1, 0.15) is 0 Å². The second kappa shape index (κ2) is 3.59. The lowest BCUT2D eigenvalue weighted by Crippen LogP contribution is -2.22. The maximum Gasteiger partial charge on any atom is 0.227 e. The number of hydrogen-bond acceptors (Lipinski definition) is 1. The van der Waals surface area contributed by atoms with E-state index in [0.717, 1.165) is 5.69 Å². The van der Waals surface area contributed by atoms with Crippen LogP contribution in [0.15, 0.2) is 24.3 Å². The summed E-state index contributed by atoms with van der Waals surface area (Å²) in [5, 5.41) is 0.656. The van der Waals surface area contributed by atoms with Gasteiger partial charge in [0.2, 0.25) is 5.91 Å². The Morgan fingerprint density at radius 2 is 1.92 bits per heavy atom. The molecule has 0 atom stereocenters. The molecule has 0 bridgehead atoms. The molecule has 0 aliphatic rings. The zero-order valence-electron chi connectivity index (χ0n) is 6.75. The van der Waals surface area contributed by atoms with Crippen molar-refractivity contribution in [2.45, 2.75) is 0 Å². The van der Waals surface area contributed by atoms with Crippen molar-refractivity contribution in [1.82, 2.24) is 0 Å². The maximum absolute atomic E-state index is 10.8. The van der Waals surface area contributed by atoms with Gasteiger partial charge in [-0.1, -0.05) is 11.6 Å². The van der Waals surface area contributed by atoms with E-state index in [2.05, 4.69) is 6.92 Å². The van der Waals surface area contributed by atoms with Crippen LogP contribution in [-0.4, -0.2) is 13.0 Å². The van der Waals surface area contributed by atoms with Gasteiger partial charge in [-0.2, -0.15) is 0 Å². The van der Waals surface area contributed by atoms with Crippen molar-refractivity contribution < 1.29 is 4.79 Å². The summed E-state index contributed by atoms with van der Waals surface area (Å²) in [4.78, 5) is 12.3. The van der Waals surface area contributed by atoms with Gasteiger partial charge >= 0.3 is 0 Å². The van der Waals surface area contributed by atoms with E-state index >= 15 is 0 Å². The molecular formula is C9H9ClNO. The number of amides is 1. The molecule has 1 rings (SSSR count). The number of rotatable bonds is 1. The number of hydrogen-bond donors (Lipinski definition) is 0. The number of nitrogens with zero attached hydrogens (tertiary/aromatic N) is 1. The molecule has 63 valence electrons. The fourth-order valence-corrected chi connectivity index (χ4v) is 0.935. The summed E-state index contributed by atoms with van der Waals surface area (Å²) in [7, 11) is 1.67. The molecule has 1 amide bonds. The minimum atomic E-state index is -0.239. The predicted molar refractivity (Wildman–Crippen MR) is 50.2 cm³/mol. The monoisotopic (exact) mass is 182 g/mol. The highest BCUT2D eigenvalue weighted by Crippen LogP contribution is 2.16. The third-order valence-corrected chi connectivity index (χ3v) is 1.84. The van der Waals surface area contributed by atoms with Crippen molar-refractivity contribution in [3.8, 4) is 0 Å². The summed E-state index contributed by atoms with van der Waals surface area (Å²) in [6, 6.07) is 7.00. The SMILES string of the molecule is [CH2]C(=O)N(C)c1ccc(Cl)cc1. The molecule has 0 spiro atoms. The molecular weight excluding hydrogens is 174 g/mol. The van der Waals surface area contributed by atoms with Gasteiger partial charge in [0.25, 0.3) is 0 Å². The number of halogens is 1. The average molecular weight is 183 g/mol. The van der Waals surface area contributed by atoms with Crippen LogP contribution in [0.1, 0.15) is 0 Å². The zero-order valence-corrected chi connectivity index (χ0v) is 7.51. The largest absolute Gasteiger partial charge is 0.315 e. The number of carbonyl (C=O) groups is 1. The van der Waals surface area contributed by atoms with Crippen LogP contribution in [0, 0.1) is 6.92 Å². The van der Waals surface area contributed by atoms with Crippen molar-refractivity contribution in [3.05, 3.63) is 36.2 Å². The third kappa shape index (κ3) is 1.98. The molecule has 0 N–H and O–H groups in total. The molecule has 0 aliphatic carbocycles. The Kier molecular flexibility index (Phi) is 2.71. The summed E-state index contributed by atoms with van der Waals surface area (Å²) in [6.07, 6.45) is 0. The van der Waals surface area contributed by atoms with Crippen LogP contribution in [0.25, 0.3) is 0 Å². The van der Waals surface area contributed by atoms with Gasteiger partial charge in [-0.25, -0.2) is 0 Å².